The Morgan fingerprint density at radius 2 is 1.51 bits per heavy atom. The van der Waals surface area contributed by atoms with Crippen LogP contribution in [0, 0.1) is 0 Å². The highest BCUT2D eigenvalue weighted by Gasteiger charge is 2.53. The Morgan fingerprint density at radius 3 is 2.05 bits per heavy atom. The first kappa shape index (κ1) is 24.8. The second-order valence-electron chi connectivity index (χ2n) is 9.66. The number of likely N-dealkylation sites (N-methyl/N-ethyl adjacent to an activating group) is 2. The Morgan fingerprint density at radius 1 is 0.946 bits per heavy atom. The highest BCUT2D eigenvalue weighted by Crippen LogP contribution is 2.29. The standard InChI is InChI=1S/C27H31N7O3/c1-30-25-24(26(36)31(2)27(30)37)34(17-21(28)35)22(29-25)18-32-13-15-33(16-14-32)23(19-9-5-3-6-10-19)20-11-7-4-8-12-20/h3-12,23-24H,13-18H2,1-2H3,(H-,28,35)/p+1. The molecule has 10 nitrogen and oxygen atoms in total. The lowest BCUT2D eigenvalue weighted by atomic mass is 9.96. The Bertz CT molecular complexity index is 1210. The Hall–Kier alpha value is -3.89. The number of hydrogen-bond donors (Lipinski definition) is 1. The molecule has 3 aliphatic rings. The van der Waals surface area contributed by atoms with E-state index in [1.54, 1.807) is 11.6 Å². The van der Waals surface area contributed by atoms with E-state index in [2.05, 4.69) is 63.3 Å². The fourth-order valence-electron chi connectivity index (χ4n) is 5.39. The topological polar surface area (TPSA) is 106 Å². The first-order chi connectivity index (χ1) is 17.8. The third kappa shape index (κ3) is 4.77. The van der Waals surface area contributed by atoms with Crippen LogP contribution in [-0.4, -0.2) is 113 Å². The number of amides is 4. The van der Waals surface area contributed by atoms with Gasteiger partial charge in [-0.15, -0.1) is 0 Å². The largest absolute Gasteiger partial charge is 0.366 e. The number of nitrogens with two attached hydrogens (primary N) is 1. The summed E-state index contributed by atoms with van der Waals surface area (Å²) in [6.07, 6.45) is 0. The molecule has 3 aliphatic heterocycles. The van der Waals surface area contributed by atoms with Gasteiger partial charge in [0, 0.05) is 40.3 Å². The van der Waals surface area contributed by atoms with Gasteiger partial charge < -0.3 is 5.73 Å². The summed E-state index contributed by atoms with van der Waals surface area (Å²) in [5, 5.41) is 0. The molecular formula is C27H32N7O3+. The third-order valence-corrected chi connectivity index (χ3v) is 7.31. The lowest BCUT2D eigenvalue weighted by molar-refractivity contribution is -0.525. The van der Waals surface area contributed by atoms with E-state index in [1.807, 2.05) is 12.1 Å². The second-order valence-corrected chi connectivity index (χ2v) is 9.66. The van der Waals surface area contributed by atoms with Crippen LogP contribution < -0.4 is 5.73 Å². The zero-order chi connectivity index (χ0) is 26.1. The molecule has 2 fully saturated rings. The van der Waals surface area contributed by atoms with Crippen LogP contribution in [0.2, 0.25) is 0 Å². The maximum Gasteiger partial charge on any atom is 0.333 e. The number of nitrogens with zero attached hydrogens (tertiary/aromatic N) is 6. The summed E-state index contributed by atoms with van der Waals surface area (Å²) in [5.41, 5.74) is 8.03. The van der Waals surface area contributed by atoms with Crippen molar-refractivity contribution in [1.29, 1.82) is 0 Å². The molecule has 2 saturated heterocycles. The molecule has 10 heteroatoms. The zero-order valence-corrected chi connectivity index (χ0v) is 21.2. The molecule has 0 saturated carbocycles. The summed E-state index contributed by atoms with van der Waals surface area (Å²) in [4.78, 5) is 49.1. The van der Waals surface area contributed by atoms with Gasteiger partial charge in [-0.05, 0) is 16.1 Å². The molecule has 2 aromatic rings. The molecular weight excluding hydrogens is 470 g/mol. The Balaban J connectivity index is 1.35. The number of fused-ring (bicyclic) bond motifs is 1. The summed E-state index contributed by atoms with van der Waals surface area (Å²) in [7, 11) is 3.03. The van der Waals surface area contributed by atoms with Crippen LogP contribution in [0.4, 0.5) is 4.79 Å². The number of hydrogen-bond acceptors (Lipinski definition) is 6. The van der Waals surface area contributed by atoms with Crippen LogP contribution >= 0.6 is 0 Å². The average Bonchev–Trinajstić information content (AvgIpc) is 3.26. The van der Waals surface area contributed by atoms with Crippen molar-refractivity contribution in [3.8, 4) is 0 Å². The predicted molar refractivity (Wildman–Crippen MR) is 139 cm³/mol. The molecule has 1 unspecified atom stereocenters. The fraction of sp³-hybridized carbons (Fsp3) is 0.370. The van der Waals surface area contributed by atoms with E-state index in [-0.39, 0.29) is 12.6 Å². The van der Waals surface area contributed by atoms with Crippen molar-refractivity contribution in [3.05, 3.63) is 71.8 Å². The lowest BCUT2D eigenvalue weighted by Gasteiger charge is -2.39. The minimum Gasteiger partial charge on any atom is -0.366 e. The van der Waals surface area contributed by atoms with Gasteiger partial charge in [-0.3, -0.25) is 29.2 Å². The van der Waals surface area contributed by atoms with Gasteiger partial charge in [-0.2, -0.15) is 0 Å². The molecule has 4 amide bonds. The highest BCUT2D eigenvalue weighted by atomic mass is 16.2. The van der Waals surface area contributed by atoms with E-state index >= 15 is 0 Å². The van der Waals surface area contributed by atoms with E-state index in [1.165, 1.54) is 23.1 Å². The van der Waals surface area contributed by atoms with Crippen LogP contribution in [0.15, 0.2) is 65.7 Å². The maximum atomic E-state index is 13.0. The molecule has 192 valence electrons. The molecule has 0 aliphatic carbocycles. The molecule has 2 aromatic carbocycles. The molecule has 0 radical (unpaired) electrons. The summed E-state index contributed by atoms with van der Waals surface area (Å²) in [6.45, 7) is 3.60. The number of carbonyl (C=O) groups excluding carboxylic acids is 3. The van der Waals surface area contributed by atoms with Gasteiger partial charge in [0.1, 0.15) is 6.54 Å². The summed E-state index contributed by atoms with van der Waals surface area (Å²) < 4.78 is 1.64. The van der Waals surface area contributed by atoms with E-state index < -0.39 is 23.9 Å². The average molecular weight is 503 g/mol. The smallest absolute Gasteiger partial charge is 0.333 e. The zero-order valence-electron chi connectivity index (χ0n) is 21.2. The summed E-state index contributed by atoms with van der Waals surface area (Å²) in [5.74, 6) is -0.0340. The number of aliphatic imine (C=N–C) groups is 1. The van der Waals surface area contributed by atoms with Gasteiger partial charge in [0.2, 0.25) is 0 Å². The lowest BCUT2D eigenvalue weighted by Crippen LogP contribution is -2.62. The van der Waals surface area contributed by atoms with Crippen molar-refractivity contribution in [2.24, 2.45) is 10.7 Å². The molecule has 1 atom stereocenters. The first-order valence-corrected chi connectivity index (χ1v) is 12.5. The molecule has 0 spiro atoms. The number of urea groups is 1. The molecule has 5 rings (SSSR count). The van der Waals surface area contributed by atoms with Crippen molar-refractivity contribution >= 4 is 29.5 Å². The summed E-state index contributed by atoms with van der Waals surface area (Å²) in [6, 6.07) is 19.9. The number of rotatable bonds is 7. The van der Waals surface area contributed by atoms with Gasteiger partial charge in [0.15, 0.2) is 6.54 Å². The van der Waals surface area contributed by atoms with Crippen LogP contribution in [0.1, 0.15) is 17.2 Å². The minimum atomic E-state index is -0.822. The van der Waals surface area contributed by atoms with Gasteiger partial charge in [-0.1, -0.05) is 60.7 Å². The van der Waals surface area contributed by atoms with Crippen molar-refractivity contribution in [2.75, 3.05) is 53.4 Å². The van der Waals surface area contributed by atoms with Gasteiger partial charge >= 0.3 is 11.9 Å². The number of amidine groups is 2. The predicted octanol–water partition coefficient (Wildman–Crippen LogP) is 0.594. The minimum absolute atomic E-state index is 0.140. The first-order valence-electron chi connectivity index (χ1n) is 12.5. The summed E-state index contributed by atoms with van der Waals surface area (Å²) >= 11 is 0. The normalized spacial score (nSPS) is 21.1. The van der Waals surface area contributed by atoms with Gasteiger partial charge in [0.05, 0.1) is 6.04 Å². The van der Waals surface area contributed by atoms with Gasteiger partial charge in [0.25, 0.3) is 23.7 Å². The number of imide groups is 1. The monoisotopic (exact) mass is 502 g/mol. The van der Waals surface area contributed by atoms with Gasteiger partial charge in [-0.25, -0.2) is 9.37 Å². The molecule has 0 bridgehead atoms. The molecule has 37 heavy (non-hydrogen) atoms. The number of piperazine rings is 1. The number of benzene rings is 2. The maximum absolute atomic E-state index is 13.0. The number of carbonyl (C=O) groups is 3. The highest BCUT2D eigenvalue weighted by molar-refractivity contribution is 6.23. The SMILES string of the molecule is CN1C(=O)C2C(=NC(CN3CCN(C(c4ccccc4)c4ccccc4)CC3)=[N+]2CC(N)=O)N(C)C1=O. The van der Waals surface area contributed by atoms with Crippen molar-refractivity contribution in [1.82, 2.24) is 19.6 Å². The Labute approximate surface area is 216 Å². The van der Waals surface area contributed by atoms with Crippen molar-refractivity contribution in [2.45, 2.75) is 12.1 Å². The van der Waals surface area contributed by atoms with E-state index in [4.69, 9.17) is 5.73 Å². The van der Waals surface area contributed by atoms with E-state index in [9.17, 15) is 14.4 Å². The Kier molecular flexibility index (Phi) is 6.86. The fourth-order valence-corrected chi connectivity index (χ4v) is 5.39. The van der Waals surface area contributed by atoms with Crippen LogP contribution in [0.3, 0.4) is 0 Å². The van der Waals surface area contributed by atoms with E-state index in [0.717, 1.165) is 31.1 Å². The van der Waals surface area contributed by atoms with Crippen LogP contribution in [0.25, 0.3) is 0 Å². The van der Waals surface area contributed by atoms with Crippen molar-refractivity contribution < 1.29 is 19.0 Å². The van der Waals surface area contributed by atoms with Crippen molar-refractivity contribution in [3.63, 3.8) is 0 Å². The molecule has 2 N–H and O–H groups in total. The second kappa shape index (κ2) is 10.2. The van der Waals surface area contributed by atoms with E-state index in [0.29, 0.717) is 18.2 Å². The molecule has 0 aromatic heterocycles. The molecule has 3 heterocycles. The van der Waals surface area contributed by atoms with Crippen LogP contribution in [-0.2, 0) is 9.59 Å². The number of primary amides is 1. The third-order valence-electron chi connectivity index (χ3n) is 7.31. The van der Waals surface area contributed by atoms with Crippen LogP contribution in [0.5, 0.6) is 0 Å². The quantitative estimate of drug-likeness (QED) is 0.558.